The van der Waals surface area contributed by atoms with Gasteiger partial charge in [-0.2, -0.15) is 0 Å². The third-order valence-corrected chi connectivity index (χ3v) is 5.12. The van der Waals surface area contributed by atoms with E-state index in [2.05, 4.69) is 17.4 Å². The average Bonchev–Trinajstić information content (AvgIpc) is 2.38. The lowest BCUT2D eigenvalue weighted by Gasteiger charge is -2.34. The zero-order valence-electron chi connectivity index (χ0n) is 11.8. The van der Waals surface area contributed by atoms with E-state index in [1.807, 2.05) is 12.1 Å². The molecule has 2 unspecified atom stereocenters. The third-order valence-electron chi connectivity index (χ3n) is 5.12. The minimum absolute atomic E-state index is 0.107. The summed E-state index contributed by atoms with van der Waals surface area (Å²) in [7, 11) is 0. The van der Waals surface area contributed by atoms with E-state index >= 15 is 4.39 Å². The van der Waals surface area contributed by atoms with Crippen LogP contribution < -0.4 is 5.32 Å². The van der Waals surface area contributed by atoms with Gasteiger partial charge in [-0.15, -0.1) is 0 Å². The van der Waals surface area contributed by atoms with Gasteiger partial charge in [0.1, 0.15) is 5.67 Å². The first-order chi connectivity index (χ1) is 9.18. The van der Waals surface area contributed by atoms with Gasteiger partial charge in [0.25, 0.3) is 0 Å². The molecule has 2 atom stereocenters. The quantitative estimate of drug-likeness (QED) is 0.862. The minimum atomic E-state index is -1.20. The van der Waals surface area contributed by atoms with E-state index in [0.717, 1.165) is 37.4 Å². The van der Waals surface area contributed by atoms with E-state index in [9.17, 15) is 0 Å². The minimum Gasteiger partial charge on any atom is -0.316 e. The lowest BCUT2D eigenvalue weighted by Crippen LogP contribution is -2.40. The Bertz CT molecular complexity index is 413. The Morgan fingerprint density at radius 1 is 1.11 bits per heavy atom. The van der Waals surface area contributed by atoms with Crippen molar-refractivity contribution in [2.24, 2.45) is 5.92 Å². The Balaban J connectivity index is 1.75. The molecule has 19 heavy (non-hydrogen) atoms. The molecule has 0 spiro atoms. The smallest absolute Gasteiger partial charge is 0.137 e. The summed E-state index contributed by atoms with van der Waals surface area (Å²) in [6, 6.07) is 8.32. The van der Waals surface area contributed by atoms with Crippen LogP contribution in [0.1, 0.15) is 56.1 Å². The molecule has 0 aromatic heterocycles. The number of hydrogen-bond donors (Lipinski definition) is 1. The van der Waals surface area contributed by atoms with Gasteiger partial charge in [-0.1, -0.05) is 30.7 Å². The standard InChI is InChI=1S/C17H24FN/c1-17(18,16-6-3-11-19-12-16)15-9-7-14(8-10-15)13-4-2-5-13/h7-10,13,16,19H,2-6,11-12H2,1H3. The maximum absolute atomic E-state index is 15.1. The van der Waals surface area contributed by atoms with Gasteiger partial charge in [-0.05, 0) is 56.2 Å². The molecule has 1 aliphatic heterocycles. The molecule has 1 aromatic carbocycles. The highest BCUT2D eigenvalue weighted by Gasteiger charge is 2.36. The molecule has 2 heteroatoms. The van der Waals surface area contributed by atoms with E-state index < -0.39 is 5.67 Å². The van der Waals surface area contributed by atoms with Crippen LogP contribution in [0.2, 0.25) is 0 Å². The number of halogens is 1. The fourth-order valence-electron chi connectivity index (χ4n) is 3.37. The van der Waals surface area contributed by atoms with E-state index in [0.29, 0.717) is 0 Å². The van der Waals surface area contributed by atoms with E-state index in [4.69, 9.17) is 0 Å². The van der Waals surface area contributed by atoms with Gasteiger partial charge in [-0.25, -0.2) is 4.39 Å². The summed E-state index contributed by atoms with van der Waals surface area (Å²) in [5, 5.41) is 3.32. The summed E-state index contributed by atoms with van der Waals surface area (Å²) in [4.78, 5) is 0. The van der Waals surface area contributed by atoms with Crippen LogP contribution in [0.25, 0.3) is 0 Å². The zero-order valence-corrected chi connectivity index (χ0v) is 11.8. The number of alkyl halides is 1. The molecule has 2 aliphatic rings. The van der Waals surface area contributed by atoms with Crippen LogP contribution in [0.5, 0.6) is 0 Å². The summed E-state index contributed by atoms with van der Waals surface area (Å²) in [5.41, 5.74) is 1.04. The fourth-order valence-corrected chi connectivity index (χ4v) is 3.37. The highest BCUT2D eigenvalue weighted by Crippen LogP contribution is 2.40. The van der Waals surface area contributed by atoms with Crippen molar-refractivity contribution < 1.29 is 4.39 Å². The molecular weight excluding hydrogens is 237 g/mol. The average molecular weight is 261 g/mol. The Hall–Kier alpha value is -0.890. The SMILES string of the molecule is CC(F)(c1ccc(C2CCC2)cc1)C1CCCNC1. The van der Waals surface area contributed by atoms with Crippen LogP contribution in [0, 0.1) is 5.92 Å². The molecule has 1 nitrogen and oxygen atoms in total. The summed E-state index contributed by atoms with van der Waals surface area (Å²) in [6.45, 7) is 3.59. The highest BCUT2D eigenvalue weighted by atomic mass is 19.1. The lowest BCUT2D eigenvalue weighted by atomic mass is 9.77. The lowest BCUT2D eigenvalue weighted by molar-refractivity contribution is 0.0811. The predicted octanol–water partition coefficient (Wildman–Crippen LogP) is 4.14. The summed E-state index contributed by atoms with van der Waals surface area (Å²) >= 11 is 0. The molecule has 0 bridgehead atoms. The van der Waals surface area contributed by atoms with Gasteiger partial charge >= 0.3 is 0 Å². The second-order valence-corrected chi connectivity index (χ2v) is 6.37. The number of piperidine rings is 1. The van der Waals surface area contributed by atoms with Crippen molar-refractivity contribution in [3.8, 4) is 0 Å². The van der Waals surface area contributed by atoms with E-state index in [-0.39, 0.29) is 5.92 Å². The fraction of sp³-hybridized carbons (Fsp3) is 0.647. The van der Waals surface area contributed by atoms with Crippen LogP contribution in [0.3, 0.4) is 0 Å². The van der Waals surface area contributed by atoms with Crippen molar-refractivity contribution in [2.45, 2.75) is 50.6 Å². The van der Waals surface area contributed by atoms with Crippen molar-refractivity contribution in [3.63, 3.8) is 0 Å². The van der Waals surface area contributed by atoms with Crippen molar-refractivity contribution >= 4 is 0 Å². The van der Waals surface area contributed by atoms with Gasteiger partial charge in [-0.3, -0.25) is 0 Å². The number of hydrogen-bond acceptors (Lipinski definition) is 1. The van der Waals surface area contributed by atoms with Crippen LogP contribution in [-0.4, -0.2) is 13.1 Å². The maximum Gasteiger partial charge on any atom is 0.137 e. The number of rotatable bonds is 3. The van der Waals surface area contributed by atoms with Gasteiger partial charge in [0.15, 0.2) is 0 Å². The molecular formula is C17H24FN. The molecule has 0 amide bonds. The Morgan fingerprint density at radius 3 is 2.37 bits per heavy atom. The second kappa shape index (κ2) is 5.24. The van der Waals surface area contributed by atoms with Gasteiger partial charge in [0, 0.05) is 12.5 Å². The third kappa shape index (κ3) is 2.55. The van der Waals surface area contributed by atoms with Crippen LogP contribution in [0.15, 0.2) is 24.3 Å². The molecule has 1 saturated heterocycles. The van der Waals surface area contributed by atoms with Crippen molar-refractivity contribution in [1.29, 1.82) is 0 Å². The normalized spacial score (nSPS) is 27.6. The Morgan fingerprint density at radius 2 is 1.84 bits per heavy atom. The van der Waals surface area contributed by atoms with Gasteiger partial charge < -0.3 is 5.32 Å². The van der Waals surface area contributed by atoms with Crippen molar-refractivity contribution in [2.75, 3.05) is 13.1 Å². The summed E-state index contributed by atoms with van der Waals surface area (Å²) in [6.07, 6.45) is 6.03. The molecule has 1 heterocycles. The Labute approximate surface area is 115 Å². The molecule has 1 N–H and O–H groups in total. The molecule has 3 rings (SSSR count). The molecule has 0 radical (unpaired) electrons. The van der Waals surface area contributed by atoms with Crippen molar-refractivity contribution in [3.05, 3.63) is 35.4 Å². The van der Waals surface area contributed by atoms with Gasteiger partial charge in [0.2, 0.25) is 0 Å². The maximum atomic E-state index is 15.1. The summed E-state index contributed by atoms with van der Waals surface area (Å²) < 4.78 is 15.1. The molecule has 2 fully saturated rings. The molecule has 104 valence electrons. The molecule has 1 saturated carbocycles. The number of nitrogens with one attached hydrogen (secondary N) is 1. The van der Waals surface area contributed by atoms with E-state index in [1.165, 1.54) is 24.8 Å². The second-order valence-electron chi connectivity index (χ2n) is 6.37. The molecule has 1 aromatic rings. The first kappa shape index (κ1) is 13.1. The van der Waals surface area contributed by atoms with Crippen molar-refractivity contribution in [1.82, 2.24) is 5.32 Å². The van der Waals surface area contributed by atoms with E-state index in [1.54, 1.807) is 6.92 Å². The largest absolute Gasteiger partial charge is 0.316 e. The zero-order chi connectivity index (χ0) is 13.3. The monoisotopic (exact) mass is 261 g/mol. The van der Waals surface area contributed by atoms with Crippen LogP contribution in [0.4, 0.5) is 4.39 Å². The first-order valence-electron chi connectivity index (χ1n) is 7.68. The topological polar surface area (TPSA) is 12.0 Å². The summed E-state index contributed by atoms with van der Waals surface area (Å²) in [5.74, 6) is 0.840. The highest BCUT2D eigenvalue weighted by molar-refractivity contribution is 5.30. The van der Waals surface area contributed by atoms with Crippen LogP contribution in [-0.2, 0) is 5.67 Å². The molecule has 1 aliphatic carbocycles. The predicted molar refractivity (Wildman–Crippen MR) is 77.1 cm³/mol. The number of benzene rings is 1. The van der Waals surface area contributed by atoms with Crippen LogP contribution >= 0.6 is 0 Å². The van der Waals surface area contributed by atoms with Gasteiger partial charge in [0.05, 0.1) is 0 Å². The first-order valence-corrected chi connectivity index (χ1v) is 7.68. The Kier molecular flexibility index (Phi) is 3.62.